The Bertz CT molecular complexity index is 1040. The highest BCUT2D eigenvalue weighted by Crippen LogP contribution is 2.26. The fourth-order valence-electron chi connectivity index (χ4n) is 2.35. The Morgan fingerprint density at radius 3 is 2.50 bits per heavy atom. The van der Waals surface area contributed by atoms with Gasteiger partial charge in [0.05, 0.1) is 9.92 Å². The molecule has 0 spiro atoms. The van der Waals surface area contributed by atoms with Gasteiger partial charge in [-0.2, -0.15) is 4.40 Å². The first-order chi connectivity index (χ1) is 11.3. The molecule has 24 heavy (non-hydrogen) atoms. The zero-order chi connectivity index (χ0) is 17.5. The summed E-state index contributed by atoms with van der Waals surface area (Å²) in [5, 5.41) is 11.7. The smallest absolute Gasteiger partial charge is 0.352 e. The Labute approximate surface area is 142 Å². The van der Waals surface area contributed by atoms with Gasteiger partial charge in [0.2, 0.25) is 5.65 Å². The predicted octanol–water partition coefficient (Wildman–Crippen LogP) is 3.18. The van der Waals surface area contributed by atoms with E-state index in [2.05, 4.69) is 4.98 Å². The van der Waals surface area contributed by atoms with E-state index in [1.807, 2.05) is 6.92 Å². The van der Waals surface area contributed by atoms with Gasteiger partial charge in [0.15, 0.2) is 15.5 Å². The van der Waals surface area contributed by atoms with Crippen molar-refractivity contribution < 1.29 is 13.3 Å². The fraction of sp³-hybridized carbons (Fsp3) is 0.133. The van der Waals surface area contributed by atoms with Crippen molar-refractivity contribution in [3.05, 3.63) is 69.0 Å². The van der Waals surface area contributed by atoms with Crippen LogP contribution in [-0.4, -0.2) is 22.7 Å². The van der Waals surface area contributed by atoms with E-state index in [1.54, 1.807) is 12.1 Å². The first kappa shape index (κ1) is 16.4. The Morgan fingerprint density at radius 2 is 1.88 bits per heavy atom. The lowest BCUT2D eigenvalue weighted by atomic mass is 10.2. The van der Waals surface area contributed by atoms with Crippen LogP contribution < -0.4 is 0 Å². The summed E-state index contributed by atoms with van der Waals surface area (Å²) < 4.78 is 26.2. The summed E-state index contributed by atoms with van der Waals surface area (Å²) in [5.74, 6) is -0.964. The zero-order valence-corrected chi connectivity index (χ0v) is 14.1. The summed E-state index contributed by atoms with van der Waals surface area (Å²) >= 11 is 5.86. The van der Waals surface area contributed by atoms with Gasteiger partial charge in [-0.25, -0.2) is 13.4 Å². The number of rotatable bonds is 4. The third-order valence-corrected chi connectivity index (χ3v) is 5.37. The zero-order valence-electron chi connectivity index (χ0n) is 12.5. The molecule has 0 aliphatic heterocycles. The molecule has 0 saturated carbocycles. The summed E-state index contributed by atoms with van der Waals surface area (Å²) in [4.78, 5) is 14.9. The Morgan fingerprint density at radius 1 is 1.21 bits per heavy atom. The maximum Gasteiger partial charge on any atom is 0.352 e. The molecule has 2 heterocycles. The van der Waals surface area contributed by atoms with Gasteiger partial charge in [-0.05, 0) is 30.0 Å². The van der Waals surface area contributed by atoms with Crippen LogP contribution in [0.4, 0.5) is 5.82 Å². The summed E-state index contributed by atoms with van der Waals surface area (Å²) in [7, 11) is -3.76. The molecule has 0 radical (unpaired) electrons. The molecular formula is C15H12ClN3O4S. The quantitative estimate of drug-likeness (QED) is 0.522. The van der Waals surface area contributed by atoms with Crippen LogP contribution in [0.2, 0.25) is 5.02 Å². The summed E-state index contributed by atoms with van der Waals surface area (Å²) in [6, 6.07) is 9.32. The van der Waals surface area contributed by atoms with E-state index in [0.717, 1.165) is 5.56 Å². The van der Waals surface area contributed by atoms with Crippen molar-refractivity contribution in [3.8, 4) is 0 Å². The van der Waals surface area contributed by atoms with Gasteiger partial charge in [0, 0.05) is 6.07 Å². The molecule has 0 amide bonds. The van der Waals surface area contributed by atoms with Gasteiger partial charge in [-0.15, -0.1) is 0 Å². The maximum absolute atomic E-state index is 12.5. The number of fused-ring (bicyclic) bond motifs is 1. The molecule has 1 aromatic carbocycles. The molecule has 3 aromatic rings. The van der Waals surface area contributed by atoms with E-state index in [4.69, 9.17) is 11.6 Å². The lowest BCUT2D eigenvalue weighted by Gasteiger charge is -2.03. The average Bonchev–Trinajstić information content (AvgIpc) is 2.84. The van der Waals surface area contributed by atoms with Crippen molar-refractivity contribution in [2.24, 2.45) is 0 Å². The number of aryl methyl sites for hydroxylation is 1. The largest absolute Gasteiger partial charge is 0.358 e. The van der Waals surface area contributed by atoms with E-state index in [0.29, 0.717) is 0 Å². The molecule has 9 heteroatoms. The van der Waals surface area contributed by atoms with Gasteiger partial charge >= 0.3 is 5.82 Å². The highest BCUT2D eigenvalue weighted by atomic mass is 35.5. The molecule has 0 atom stereocenters. The number of halogens is 1. The van der Waals surface area contributed by atoms with Gasteiger partial charge in [-0.1, -0.05) is 29.3 Å². The van der Waals surface area contributed by atoms with Crippen molar-refractivity contribution in [2.75, 3.05) is 0 Å². The molecule has 7 nitrogen and oxygen atoms in total. The average molecular weight is 366 g/mol. The van der Waals surface area contributed by atoms with E-state index in [-0.39, 0.29) is 21.3 Å². The molecule has 0 N–H and O–H groups in total. The van der Waals surface area contributed by atoms with Crippen LogP contribution in [0.15, 0.2) is 47.5 Å². The van der Waals surface area contributed by atoms with Gasteiger partial charge in [0.25, 0.3) is 0 Å². The minimum Gasteiger partial charge on any atom is -0.358 e. The van der Waals surface area contributed by atoms with E-state index in [1.165, 1.54) is 34.9 Å². The monoisotopic (exact) mass is 365 g/mol. The SMILES string of the molecule is Cc1ccc(S(=O)(=O)Cc2nc3ccc(Cl)cn3c2[N+](=O)[O-])cc1. The van der Waals surface area contributed by atoms with Crippen molar-refractivity contribution >= 4 is 32.9 Å². The van der Waals surface area contributed by atoms with Crippen LogP contribution in [0.1, 0.15) is 11.3 Å². The minimum atomic E-state index is -3.76. The number of nitrogens with zero attached hydrogens (tertiary/aromatic N) is 3. The lowest BCUT2D eigenvalue weighted by Crippen LogP contribution is -2.07. The summed E-state index contributed by atoms with van der Waals surface area (Å²) in [6.07, 6.45) is 1.34. The number of hydrogen-bond donors (Lipinski definition) is 0. The Hall–Kier alpha value is -2.45. The molecule has 0 saturated heterocycles. The third kappa shape index (κ3) is 2.98. The number of pyridine rings is 1. The number of nitro groups is 1. The van der Waals surface area contributed by atoms with Crippen LogP contribution >= 0.6 is 11.6 Å². The third-order valence-electron chi connectivity index (χ3n) is 3.51. The van der Waals surface area contributed by atoms with Gasteiger partial charge in [0.1, 0.15) is 11.9 Å². The number of sulfone groups is 1. The summed E-state index contributed by atoms with van der Waals surface area (Å²) in [5.41, 5.74) is 1.06. The first-order valence-electron chi connectivity index (χ1n) is 6.88. The lowest BCUT2D eigenvalue weighted by molar-refractivity contribution is -0.391. The van der Waals surface area contributed by atoms with Crippen LogP contribution in [-0.2, 0) is 15.6 Å². The topological polar surface area (TPSA) is 94.6 Å². The molecule has 0 fully saturated rings. The molecule has 3 rings (SSSR count). The maximum atomic E-state index is 12.5. The molecule has 0 unspecified atom stereocenters. The first-order valence-corrected chi connectivity index (χ1v) is 8.91. The van der Waals surface area contributed by atoms with Crippen LogP contribution in [0.3, 0.4) is 0 Å². The predicted molar refractivity (Wildman–Crippen MR) is 88.9 cm³/mol. The number of aromatic nitrogens is 2. The highest BCUT2D eigenvalue weighted by Gasteiger charge is 2.28. The van der Waals surface area contributed by atoms with E-state index < -0.39 is 26.3 Å². The van der Waals surface area contributed by atoms with Crippen LogP contribution in [0.5, 0.6) is 0 Å². The van der Waals surface area contributed by atoms with Crippen molar-refractivity contribution in [2.45, 2.75) is 17.6 Å². The molecule has 2 aromatic heterocycles. The van der Waals surface area contributed by atoms with Crippen molar-refractivity contribution in [1.29, 1.82) is 0 Å². The van der Waals surface area contributed by atoms with E-state index in [9.17, 15) is 18.5 Å². The second-order valence-electron chi connectivity index (χ2n) is 5.29. The van der Waals surface area contributed by atoms with E-state index >= 15 is 0 Å². The minimum absolute atomic E-state index is 0.0949. The number of benzene rings is 1. The summed E-state index contributed by atoms with van der Waals surface area (Å²) in [6.45, 7) is 1.84. The van der Waals surface area contributed by atoms with Crippen molar-refractivity contribution in [3.63, 3.8) is 0 Å². The van der Waals surface area contributed by atoms with Gasteiger partial charge in [-0.3, -0.25) is 0 Å². The number of imidazole rings is 1. The second-order valence-corrected chi connectivity index (χ2v) is 7.71. The van der Waals surface area contributed by atoms with Gasteiger partial charge < -0.3 is 10.1 Å². The molecular weight excluding hydrogens is 354 g/mol. The molecule has 0 aliphatic rings. The molecule has 0 bridgehead atoms. The Balaban J connectivity index is 2.11. The molecule has 124 valence electrons. The van der Waals surface area contributed by atoms with Crippen LogP contribution in [0.25, 0.3) is 5.65 Å². The van der Waals surface area contributed by atoms with Crippen molar-refractivity contribution in [1.82, 2.24) is 9.38 Å². The standard InChI is InChI=1S/C15H12ClN3O4S/c1-10-2-5-12(6-3-10)24(22,23)9-13-15(19(20)21)18-8-11(16)4-7-14(18)17-13/h2-8H,9H2,1H3. The molecule has 0 aliphatic carbocycles. The highest BCUT2D eigenvalue weighted by molar-refractivity contribution is 7.90. The second kappa shape index (κ2) is 5.88. The normalized spacial score (nSPS) is 11.8. The Kier molecular flexibility index (Phi) is 4.02. The fourth-order valence-corrected chi connectivity index (χ4v) is 3.79. The van der Waals surface area contributed by atoms with Crippen LogP contribution in [0, 0.1) is 17.0 Å². The number of hydrogen-bond acceptors (Lipinski definition) is 5.